The summed E-state index contributed by atoms with van der Waals surface area (Å²) in [6.45, 7) is 0. The van der Waals surface area contributed by atoms with Gasteiger partial charge in [0.2, 0.25) is 0 Å². The maximum Gasteiger partial charge on any atom is 0.329 e. The van der Waals surface area contributed by atoms with Crippen LogP contribution in [-0.4, -0.2) is 27.1 Å². The number of halogens is 1. The minimum atomic E-state index is -2.14. The molecule has 0 aliphatic carbocycles. The number of non-ortho nitro benzene ring substituents is 1. The minimum Gasteiger partial charge on any atom is -0.481 e. The normalized spacial score (nSPS) is 13.6. The van der Waals surface area contributed by atoms with Crippen LogP contribution >= 0.6 is 11.6 Å². The van der Waals surface area contributed by atoms with E-state index in [0.29, 0.717) is 0 Å². The minimum absolute atomic E-state index is 0.0235. The number of carboxylic acid groups (broad SMARTS) is 2. The highest BCUT2D eigenvalue weighted by molar-refractivity contribution is 6.34. The quantitative estimate of drug-likeness (QED) is 0.478. The number of nitrogens with zero attached hydrogens (tertiary/aromatic N) is 1. The van der Waals surface area contributed by atoms with E-state index in [9.17, 15) is 19.7 Å². The van der Waals surface area contributed by atoms with Crippen molar-refractivity contribution in [1.29, 1.82) is 0 Å². The van der Waals surface area contributed by atoms with Crippen molar-refractivity contribution in [3.63, 3.8) is 0 Å². The zero-order chi connectivity index (χ0) is 13.9. The fraction of sp³-hybridized carbons (Fsp3) is 0.200. The van der Waals surface area contributed by atoms with Crippen molar-refractivity contribution in [1.82, 2.24) is 0 Å². The smallest absolute Gasteiger partial charge is 0.329 e. The van der Waals surface area contributed by atoms with E-state index in [1.807, 2.05) is 0 Å². The van der Waals surface area contributed by atoms with E-state index < -0.39 is 28.2 Å². The molecule has 0 radical (unpaired) electrons. The number of nitro benzene ring substituents is 1. The number of hydrogen-bond acceptors (Lipinski definition) is 4. The van der Waals surface area contributed by atoms with E-state index in [1.54, 1.807) is 0 Å². The van der Waals surface area contributed by atoms with Gasteiger partial charge in [-0.15, -0.1) is 11.6 Å². The first-order valence-corrected chi connectivity index (χ1v) is 5.04. The number of benzene rings is 1. The number of alkyl halides is 1. The van der Waals surface area contributed by atoms with E-state index in [0.717, 1.165) is 24.3 Å². The van der Waals surface area contributed by atoms with Gasteiger partial charge in [0.1, 0.15) is 0 Å². The molecule has 0 spiro atoms. The van der Waals surface area contributed by atoms with Gasteiger partial charge in [0.15, 0.2) is 4.87 Å². The predicted molar refractivity (Wildman–Crippen MR) is 60.5 cm³/mol. The van der Waals surface area contributed by atoms with Gasteiger partial charge in [-0.3, -0.25) is 14.9 Å². The molecule has 0 aromatic heterocycles. The molecule has 0 aliphatic heterocycles. The summed E-state index contributed by atoms with van der Waals surface area (Å²) < 4.78 is 0. The van der Waals surface area contributed by atoms with Gasteiger partial charge in [-0.05, 0) is 17.7 Å². The van der Waals surface area contributed by atoms with Crippen LogP contribution in [0, 0.1) is 10.1 Å². The molecule has 1 aromatic rings. The van der Waals surface area contributed by atoms with Gasteiger partial charge in [-0.25, -0.2) is 4.79 Å². The van der Waals surface area contributed by atoms with Gasteiger partial charge in [-0.2, -0.15) is 0 Å². The maximum atomic E-state index is 11.0. The Hall–Kier alpha value is -2.15. The summed E-state index contributed by atoms with van der Waals surface area (Å²) in [5.74, 6) is -2.91. The van der Waals surface area contributed by atoms with Crippen LogP contribution in [-0.2, 0) is 14.5 Å². The van der Waals surface area contributed by atoms with E-state index in [2.05, 4.69) is 0 Å². The molecule has 18 heavy (non-hydrogen) atoms. The summed E-state index contributed by atoms with van der Waals surface area (Å²) in [6.07, 6.45) is -0.832. The van der Waals surface area contributed by atoms with Crippen LogP contribution in [0.25, 0.3) is 0 Å². The largest absolute Gasteiger partial charge is 0.481 e. The standard InChI is InChI=1S/C10H8ClNO6/c11-10(9(15)16,5-8(13)14)6-1-3-7(4-2-6)12(17)18/h1-4H,5H2,(H,13,14)(H,15,16). The molecular formula is C10H8ClNO6. The zero-order valence-corrected chi connectivity index (χ0v) is 9.63. The van der Waals surface area contributed by atoms with E-state index in [1.165, 1.54) is 0 Å². The average molecular weight is 274 g/mol. The lowest BCUT2D eigenvalue weighted by Gasteiger charge is -2.20. The Labute approximate surface area is 106 Å². The summed E-state index contributed by atoms with van der Waals surface area (Å²) in [7, 11) is 0. The number of rotatable bonds is 5. The Morgan fingerprint density at radius 1 is 1.28 bits per heavy atom. The van der Waals surface area contributed by atoms with Gasteiger partial charge in [0, 0.05) is 12.1 Å². The molecular weight excluding hydrogens is 266 g/mol. The van der Waals surface area contributed by atoms with Crippen LogP contribution in [0.15, 0.2) is 24.3 Å². The van der Waals surface area contributed by atoms with E-state index in [-0.39, 0.29) is 11.3 Å². The van der Waals surface area contributed by atoms with Crippen LogP contribution in [0.5, 0.6) is 0 Å². The second-order valence-corrected chi connectivity index (χ2v) is 4.13. The van der Waals surface area contributed by atoms with Crippen LogP contribution in [0.4, 0.5) is 5.69 Å². The van der Waals surface area contributed by atoms with Gasteiger partial charge in [0.25, 0.3) is 5.69 Å². The first-order chi connectivity index (χ1) is 8.27. The molecule has 8 heteroatoms. The summed E-state index contributed by atoms with van der Waals surface area (Å²) in [4.78, 5) is 29.3. The Morgan fingerprint density at radius 2 is 1.78 bits per heavy atom. The Bertz CT molecular complexity index is 500. The lowest BCUT2D eigenvalue weighted by Crippen LogP contribution is -2.32. The first kappa shape index (κ1) is 13.9. The van der Waals surface area contributed by atoms with Gasteiger partial charge < -0.3 is 10.2 Å². The van der Waals surface area contributed by atoms with Crippen molar-refractivity contribution >= 4 is 29.2 Å². The molecule has 1 atom stereocenters. The van der Waals surface area contributed by atoms with Gasteiger partial charge in [0.05, 0.1) is 11.3 Å². The fourth-order valence-corrected chi connectivity index (χ4v) is 1.60. The first-order valence-electron chi connectivity index (χ1n) is 4.66. The average Bonchev–Trinajstić information content (AvgIpc) is 2.27. The Kier molecular flexibility index (Phi) is 3.87. The number of carbonyl (C=O) groups is 2. The van der Waals surface area contributed by atoms with Crippen molar-refractivity contribution in [2.24, 2.45) is 0 Å². The summed E-state index contributed by atoms with van der Waals surface area (Å²) in [5.41, 5.74) is -0.261. The van der Waals surface area contributed by atoms with E-state index in [4.69, 9.17) is 21.8 Å². The third kappa shape index (κ3) is 2.75. The summed E-state index contributed by atoms with van der Waals surface area (Å²) in [6, 6.07) is 4.39. The maximum absolute atomic E-state index is 11.0. The van der Waals surface area contributed by atoms with Gasteiger partial charge in [-0.1, -0.05) is 0 Å². The molecule has 0 fully saturated rings. The molecule has 7 nitrogen and oxygen atoms in total. The lowest BCUT2D eigenvalue weighted by atomic mass is 9.94. The molecule has 0 aliphatic rings. The second-order valence-electron chi connectivity index (χ2n) is 3.48. The molecule has 0 amide bonds. The molecule has 1 unspecified atom stereocenters. The molecule has 0 saturated carbocycles. The van der Waals surface area contributed by atoms with Crippen LogP contribution in [0.1, 0.15) is 12.0 Å². The molecule has 0 bridgehead atoms. The predicted octanol–water partition coefficient (Wildman–Crippen LogP) is 1.59. The fourth-order valence-electron chi connectivity index (χ4n) is 1.36. The van der Waals surface area contributed by atoms with Crippen LogP contribution in [0.2, 0.25) is 0 Å². The zero-order valence-electron chi connectivity index (χ0n) is 8.87. The molecule has 2 N–H and O–H groups in total. The summed E-state index contributed by atoms with van der Waals surface area (Å²) in [5, 5.41) is 28.1. The third-order valence-electron chi connectivity index (χ3n) is 2.27. The highest BCUT2D eigenvalue weighted by Gasteiger charge is 2.40. The third-order valence-corrected chi connectivity index (χ3v) is 2.78. The molecule has 1 aromatic carbocycles. The number of aliphatic carboxylic acids is 2. The molecule has 0 saturated heterocycles. The van der Waals surface area contributed by atoms with Crippen molar-refractivity contribution in [2.75, 3.05) is 0 Å². The highest BCUT2D eigenvalue weighted by Crippen LogP contribution is 2.34. The molecule has 0 heterocycles. The monoisotopic (exact) mass is 273 g/mol. The van der Waals surface area contributed by atoms with Crippen LogP contribution < -0.4 is 0 Å². The van der Waals surface area contributed by atoms with Gasteiger partial charge >= 0.3 is 11.9 Å². The number of carboxylic acids is 2. The molecule has 96 valence electrons. The Balaban J connectivity index is 3.18. The SMILES string of the molecule is O=C(O)CC(Cl)(C(=O)O)c1ccc([N+](=O)[O-])cc1. The number of nitro groups is 1. The summed E-state index contributed by atoms with van der Waals surface area (Å²) >= 11 is 5.78. The van der Waals surface area contributed by atoms with Crippen molar-refractivity contribution in [3.05, 3.63) is 39.9 Å². The van der Waals surface area contributed by atoms with Crippen LogP contribution in [0.3, 0.4) is 0 Å². The Morgan fingerprint density at radius 3 is 2.11 bits per heavy atom. The molecule has 1 rings (SSSR count). The van der Waals surface area contributed by atoms with Crippen molar-refractivity contribution < 1.29 is 24.7 Å². The van der Waals surface area contributed by atoms with Crippen molar-refractivity contribution in [3.8, 4) is 0 Å². The topological polar surface area (TPSA) is 118 Å². The van der Waals surface area contributed by atoms with Crippen molar-refractivity contribution in [2.45, 2.75) is 11.3 Å². The lowest BCUT2D eigenvalue weighted by molar-refractivity contribution is -0.384. The second kappa shape index (κ2) is 5.01. The highest BCUT2D eigenvalue weighted by atomic mass is 35.5. The number of hydrogen-bond donors (Lipinski definition) is 2. The van der Waals surface area contributed by atoms with E-state index >= 15 is 0 Å².